The molecule has 0 aliphatic heterocycles. The van der Waals surface area contributed by atoms with Crippen molar-refractivity contribution in [3.63, 3.8) is 0 Å². The Morgan fingerprint density at radius 1 is 1.15 bits per heavy atom. The van der Waals surface area contributed by atoms with E-state index < -0.39 is 10.0 Å². The number of benzene rings is 1. The molecule has 3 aromatic rings. The summed E-state index contributed by atoms with van der Waals surface area (Å²) < 4.78 is 27.9. The summed E-state index contributed by atoms with van der Waals surface area (Å²) in [5, 5.41) is 3.95. The van der Waals surface area contributed by atoms with Gasteiger partial charge in [0, 0.05) is 45.0 Å². The number of anilines is 1. The van der Waals surface area contributed by atoms with Crippen LogP contribution in [0.3, 0.4) is 0 Å². The maximum atomic E-state index is 12.5. The molecule has 27 heavy (non-hydrogen) atoms. The van der Waals surface area contributed by atoms with E-state index in [9.17, 15) is 8.42 Å². The Hall–Kier alpha value is -2.56. The first-order valence-corrected chi connectivity index (χ1v) is 9.84. The smallest absolute Gasteiger partial charge is 0.242 e. The van der Waals surface area contributed by atoms with Crippen LogP contribution < -0.4 is 5.32 Å². The van der Waals surface area contributed by atoms with Gasteiger partial charge in [-0.3, -0.25) is 4.57 Å². The van der Waals surface area contributed by atoms with Crippen LogP contribution in [0, 0.1) is 0 Å². The summed E-state index contributed by atoms with van der Waals surface area (Å²) in [6.07, 6.45) is 5.03. The molecule has 0 spiro atoms. The molecule has 0 saturated heterocycles. The normalized spacial score (nSPS) is 12.2. The van der Waals surface area contributed by atoms with E-state index in [-0.39, 0.29) is 4.90 Å². The van der Waals surface area contributed by atoms with Gasteiger partial charge >= 0.3 is 0 Å². The van der Waals surface area contributed by atoms with E-state index in [4.69, 9.17) is 0 Å². The predicted octanol–water partition coefficient (Wildman–Crippen LogP) is 1.04. The summed E-state index contributed by atoms with van der Waals surface area (Å²) in [7, 11) is 3.44. The van der Waals surface area contributed by atoms with E-state index in [0.29, 0.717) is 29.2 Å². The van der Waals surface area contributed by atoms with Gasteiger partial charge in [0.25, 0.3) is 0 Å². The fourth-order valence-corrected chi connectivity index (χ4v) is 3.42. The van der Waals surface area contributed by atoms with Gasteiger partial charge in [-0.1, -0.05) is 0 Å². The molecule has 0 bridgehead atoms. The standard InChI is InChI=1S/C17H23N7O2S/c1-22(2)9-8-19-16-14-11-13(27(25,26)23(3)4)5-6-15(14)20-17(21-16)24-10-7-18-12-24/h5-7,10-12H,8-9H2,1-4H3,(H,19,20,21). The lowest BCUT2D eigenvalue weighted by Gasteiger charge is -2.15. The average molecular weight is 389 g/mol. The topological polar surface area (TPSA) is 96.2 Å². The highest BCUT2D eigenvalue weighted by Gasteiger charge is 2.19. The molecule has 0 aliphatic carbocycles. The minimum Gasteiger partial charge on any atom is -0.368 e. The molecule has 0 saturated carbocycles. The van der Waals surface area contributed by atoms with Crippen molar-refractivity contribution >= 4 is 26.7 Å². The monoisotopic (exact) mass is 389 g/mol. The van der Waals surface area contributed by atoms with Crippen LogP contribution in [-0.4, -0.2) is 78.4 Å². The quantitative estimate of drug-likeness (QED) is 0.645. The number of hydrogen-bond donors (Lipinski definition) is 1. The molecule has 1 aromatic carbocycles. The number of hydrogen-bond acceptors (Lipinski definition) is 7. The molecule has 0 amide bonds. The van der Waals surface area contributed by atoms with Crippen LogP contribution in [0.25, 0.3) is 16.9 Å². The van der Waals surface area contributed by atoms with Crippen molar-refractivity contribution in [1.29, 1.82) is 0 Å². The Balaban J connectivity index is 2.12. The van der Waals surface area contributed by atoms with Gasteiger partial charge in [0.15, 0.2) is 0 Å². The second kappa shape index (κ2) is 7.59. The van der Waals surface area contributed by atoms with Gasteiger partial charge in [-0.2, -0.15) is 4.98 Å². The Kier molecular flexibility index (Phi) is 5.40. The van der Waals surface area contributed by atoms with Crippen LogP contribution in [0.5, 0.6) is 0 Å². The molecule has 10 heteroatoms. The van der Waals surface area contributed by atoms with Crippen molar-refractivity contribution in [2.75, 3.05) is 46.6 Å². The summed E-state index contributed by atoms with van der Waals surface area (Å²) >= 11 is 0. The Labute approximate surface area is 158 Å². The molecule has 1 N–H and O–H groups in total. The summed E-state index contributed by atoms with van der Waals surface area (Å²) in [5.74, 6) is 1.05. The molecular weight excluding hydrogens is 366 g/mol. The zero-order valence-electron chi connectivity index (χ0n) is 15.8. The maximum absolute atomic E-state index is 12.5. The number of nitrogens with one attached hydrogen (secondary N) is 1. The van der Waals surface area contributed by atoms with Crippen molar-refractivity contribution in [3.05, 3.63) is 36.9 Å². The van der Waals surface area contributed by atoms with Gasteiger partial charge in [0.1, 0.15) is 12.1 Å². The highest BCUT2D eigenvalue weighted by Crippen LogP contribution is 2.26. The molecule has 3 rings (SSSR count). The lowest BCUT2D eigenvalue weighted by molar-refractivity contribution is 0.425. The summed E-state index contributed by atoms with van der Waals surface area (Å²) in [6.45, 7) is 1.47. The molecule has 0 aliphatic rings. The van der Waals surface area contributed by atoms with E-state index in [0.717, 1.165) is 6.54 Å². The third kappa shape index (κ3) is 4.07. The number of aromatic nitrogens is 4. The molecule has 9 nitrogen and oxygen atoms in total. The third-order valence-electron chi connectivity index (χ3n) is 4.02. The Morgan fingerprint density at radius 3 is 2.56 bits per heavy atom. The molecule has 0 radical (unpaired) electrons. The molecular formula is C17H23N7O2S. The third-order valence-corrected chi connectivity index (χ3v) is 5.83. The predicted molar refractivity (Wildman–Crippen MR) is 105 cm³/mol. The van der Waals surface area contributed by atoms with Crippen molar-refractivity contribution in [3.8, 4) is 5.95 Å². The number of sulfonamides is 1. The van der Waals surface area contributed by atoms with Gasteiger partial charge in [-0.25, -0.2) is 22.7 Å². The fourth-order valence-electron chi connectivity index (χ4n) is 2.49. The van der Waals surface area contributed by atoms with Crippen molar-refractivity contribution < 1.29 is 8.42 Å². The molecule has 2 aromatic heterocycles. The van der Waals surface area contributed by atoms with Crippen LogP contribution in [0.15, 0.2) is 41.8 Å². The number of imidazole rings is 1. The number of fused-ring (bicyclic) bond motifs is 1. The van der Waals surface area contributed by atoms with Gasteiger partial charge in [0.05, 0.1) is 10.4 Å². The largest absolute Gasteiger partial charge is 0.368 e. The van der Waals surface area contributed by atoms with Crippen LogP contribution in [0.1, 0.15) is 0 Å². The first kappa shape index (κ1) is 19.2. The minimum absolute atomic E-state index is 0.203. The van der Waals surface area contributed by atoms with Crippen molar-refractivity contribution in [1.82, 2.24) is 28.7 Å². The van der Waals surface area contributed by atoms with E-state index in [1.54, 1.807) is 41.5 Å². The lowest BCUT2D eigenvalue weighted by atomic mass is 10.2. The molecule has 2 heterocycles. The lowest BCUT2D eigenvalue weighted by Crippen LogP contribution is -2.22. The van der Waals surface area contributed by atoms with Gasteiger partial charge < -0.3 is 10.2 Å². The fraction of sp³-hybridized carbons (Fsp3) is 0.353. The van der Waals surface area contributed by atoms with Crippen LogP contribution in [0.2, 0.25) is 0 Å². The van der Waals surface area contributed by atoms with E-state index in [2.05, 4.69) is 25.2 Å². The Morgan fingerprint density at radius 2 is 1.93 bits per heavy atom. The van der Waals surface area contributed by atoms with Gasteiger partial charge in [-0.05, 0) is 32.3 Å². The zero-order chi connectivity index (χ0) is 19.6. The molecule has 144 valence electrons. The Bertz CT molecular complexity index is 1030. The van der Waals surface area contributed by atoms with Crippen molar-refractivity contribution in [2.45, 2.75) is 4.90 Å². The highest BCUT2D eigenvalue weighted by atomic mass is 32.2. The van der Waals surface area contributed by atoms with Gasteiger partial charge in [0.2, 0.25) is 16.0 Å². The van der Waals surface area contributed by atoms with Crippen molar-refractivity contribution in [2.24, 2.45) is 0 Å². The second-order valence-corrected chi connectivity index (χ2v) is 8.69. The van der Waals surface area contributed by atoms with E-state index >= 15 is 0 Å². The summed E-state index contributed by atoms with van der Waals surface area (Å²) in [6, 6.07) is 4.87. The first-order chi connectivity index (χ1) is 12.8. The second-order valence-electron chi connectivity index (χ2n) is 6.54. The summed E-state index contributed by atoms with van der Waals surface area (Å²) in [4.78, 5) is 15.4. The average Bonchev–Trinajstić information content (AvgIpc) is 3.15. The van der Waals surface area contributed by atoms with Crippen LogP contribution in [0.4, 0.5) is 5.82 Å². The summed E-state index contributed by atoms with van der Waals surface area (Å²) in [5.41, 5.74) is 0.652. The van der Waals surface area contributed by atoms with Crippen LogP contribution >= 0.6 is 0 Å². The van der Waals surface area contributed by atoms with E-state index in [1.165, 1.54) is 18.4 Å². The van der Waals surface area contributed by atoms with Gasteiger partial charge in [-0.15, -0.1) is 0 Å². The molecule has 0 unspecified atom stereocenters. The number of rotatable bonds is 7. The SMILES string of the molecule is CN(C)CCNc1nc(-n2ccnc2)nc2ccc(S(=O)(=O)N(C)C)cc12. The number of likely N-dealkylation sites (N-methyl/N-ethyl adjacent to an activating group) is 1. The maximum Gasteiger partial charge on any atom is 0.242 e. The minimum atomic E-state index is -3.55. The highest BCUT2D eigenvalue weighted by molar-refractivity contribution is 7.89. The van der Waals surface area contributed by atoms with E-state index in [1.807, 2.05) is 14.1 Å². The van der Waals surface area contributed by atoms with Crippen LogP contribution in [-0.2, 0) is 10.0 Å². The number of nitrogens with zero attached hydrogens (tertiary/aromatic N) is 6. The zero-order valence-corrected chi connectivity index (χ0v) is 16.6. The molecule has 0 atom stereocenters. The molecule has 0 fully saturated rings. The first-order valence-electron chi connectivity index (χ1n) is 8.40.